The van der Waals surface area contributed by atoms with Crippen LogP contribution in [0.2, 0.25) is 0 Å². The highest BCUT2D eigenvalue weighted by Crippen LogP contribution is 2.35. The lowest BCUT2D eigenvalue weighted by molar-refractivity contribution is -0.137. The molecule has 1 aromatic heterocycles. The van der Waals surface area contributed by atoms with Crippen LogP contribution in [-0.4, -0.2) is 60.2 Å². The molecular weight excluding hydrogens is 571 g/mol. The molecule has 0 unspecified atom stereocenters. The number of amides is 1. The van der Waals surface area contributed by atoms with Crippen LogP contribution in [-0.2, 0) is 12.7 Å². The van der Waals surface area contributed by atoms with Crippen molar-refractivity contribution >= 4 is 34.9 Å². The predicted molar refractivity (Wildman–Crippen MR) is 168 cm³/mol. The van der Waals surface area contributed by atoms with Crippen molar-refractivity contribution in [3.63, 3.8) is 0 Å². The van der Waals surface area contributed by atoms with E-state index in [-0.39, 0.29) is 5.91 Å². The van der Waals surface area contributed by atoms with E-state index in [1.807, 2.05) is 25.3 Å². The molecule has 3 aromatic carbocycles. The minimum atomic E-state index is -4.39. The number of rotatable bonds is 8. The van der Waals surface area contributed by atoms with E-state index in [2.05, 4.69) is 44.6 Å². The Balaban J connectivity index is 1.25. The van der Waals surface area contributed by atoms with Gasteiger partial charge in [0.05, 0.1) is 5.56 Å². The number of alkyl halides is 3. The zero-order chi connectivity index (χ0) is 30.6. The van der Waals surface area contributed by atoms with Crippen molar-refractivity contribution in [1.82, 2.24) is 14.8 Å². The molecule has 1 aliphatic heterocycles. The monoisotopic (exact) mass is 605 g/mol. The molecule has 0 spiro atoms. The quantitative estimate of drug-likeness (QED) is 0.203. The summed E-state index contributed by atoms with van der Waals surface area (Å²) >= 11 is 1.47. The standard InChI is InChI=1S/C33H34F3N5OS/c1-22-4-5-23(21-41-16-14-40(2)15-17-41)18-29(22)39-32(42)25-8-12-27(13-9-25)38-31-19-28(30(43-3)20-37-31)24-6-10-26(11-7-24)33(34,35)36/h4-13,18-20H,14-17,21H2,1-3H3,(H,37,38)(H,39,42). The number of anilines is 3. The fourth-order valence-electron chi connectivity index (χ4n) is 4.95. The first kappa shape index (κ1) is 30.6. The van der Waals surface area contributed by atoms with Crippen molar-refractivity contribution in [3.8, 4) is 11.1 Å². The summed E-state index contributed by atoms with van der Waals surface area (Å²) in [5, 5.41) is 6.30. The van der Waals surface area contributed by atoms with Crippen LogP contribution in [0, 0.1) is 6.92 Å². The van der Waals surface area contributed by atoms with Gasteiger partial charge in [0.1, 0.15) is 5.82 Å². The maximum atomic E-state index is 13.1. The van der Waals surface area contributed by atoms with Crippen LogP contribution in [0.15, 0.2) is 83.9 Å². The van der Waals surface area contributed by atoms with E-state index < -0.39 is 11.7 Å². The molecule has 43 heavy (non-hydrogen) atoms. The largest absolute Gasteiger partial charge is 0.416 e. The van der Waals surface area contributed by atoms with Gasteiger partial charge in [-0.2, -0.15) is 13.2 Å². The van der Waals surface area contributed by atoms with Gasteiger partial charge in [-0.25, -0.2) is 4.98 Å². The number of benzene rings is 3. The first-order valence-corrected chi connectivity index (χ1v) is 15.2. The SMILES string of the molecule is CSc1cnc(Nc2ccc(C(=O)Nc3cc(CN4CCN(C)CC4)ccc3C)cc2)cc1-c1ccc(C(F)(F)F)cc1. The van der Waals surface area contributed by atoms with Gasteiger partial charge in [-0.3, -0.25) is 9.69 Å². The molecule has 0 atom stereocenters. The number of thioether (sulfide) groups is 1. The second-order valence-corrected chi connectivity index (χ2v) is 11.6. The molecule has 1 aliphatic rings. The third kappa shape index (κ3) is 7.76. The van der Waals surface area contributed by atoms with Crippen molar-refractivity contribution in [2.75, 3.05) is 50.1 Å². The summed E-state index contributed by atoms with van der Waals surface area (Å²) in [6, 6.07) is 20.2. The van der Waals surface area contributed by atoms with Gasteiger partial charge in [-0.05, 0) is 85.4 Å². The number of nitrogens with zero attached hydrogens (tertiary/aromatic N) is 3. The van der Waals surface area contributed by atoms with Gasteiger partial charge >= 0.3 is 6.18 Å². The molecule has 0 bridgehead atoms. The number of pyridine rings is 1. The van der Waals surface area contributed by atoms with Crippen LogP contribution in [0.25, 0.3) is 11.1 Å². The number of hydrogen-bond donors (Lipinski definition) is 2. The van der Waals surface area contributed by atoms with E-state index in [1.54, 1.807) is 30.5 Å². The molecule has 1 saturated heterocycles. The number of hydrogen-bond acceptors (Lipinski definition) is 6. The minimum Gasteiger partial charge on any atom is -0.340 e. The molecule has 224 valence electrons. The second kappa shape index (κ2) is 13.2. The Kier molecular flexibility index (Phi) is 9.39. The fraction of sp³-hybridized carbons (Fsp3) is 0.273. The molecule has 0 radical (unpaired) electrons. The average Bonchev–Trinajstić information content (AvgIpc) is 3.00. The molecule has 1 fully saturated rings. The molecule has 2 heterocycles. The van der Waals surface area contributed by atoms with Crippen molar-refractivity contribution in [1.29, 1.82) is 0 Å². The van der Waals surface area contributed by atoms with Gasteiger partial charge in [-0.15, -0.1) is 11.8 Å². The molecule has 0 saturated carbocycles. The van der Waals surface area contributed by atoms with Crippen LogP contribution in [0.1, 0.15) is 27.0 Å². The minimum absolute atomic E-state index is 0.196. The highest BCUT2D eigenvalue weighted by Gasteiger charge is 2.30. The smallest absolute Gasteiger partial charge is 0.340 e. The van der Waals surface area contributed by atoms with Crippen molar-refractivity contribution in [3.05, 3.63) is 101 Å². The summed E-state index contributed by atoms with van der Waals surface area (Å²) in [4.78, 5) is 23.2. The molecule has 4 aromatic rings. The Bertz CT molecular complexity index is 1570. The van der Waals surface area contributed by atoms with Gasteiger partial charge in [-0.1, -0.05) is 24.3 Å². The Labute approximate surface area is 254 Å². The van der Waals surface area contributed by atoms with Gasteiger partial charge in [0, 0.05) is 66.3 Å². The molecule has 2 N–H and O–H groups in total. The number of nitrogens with one attached hydrogen (secondary N) is 2. The lowest BCUT2D eigenvalue weighted by Crippen LogP contribution is -2.43. The maximum absolute atomic E-state index is 13.1. The van der Waals surface area contributed by atoms with Crippen molar-refractivity contribution in [2.45, 2.75) is 24.5 Å². The number of carbonyl (C=O) groups excluding carboxylic acids is 1. The normalized spacial score (nSPS) is 14.5. The Morgan fingerprint density at radius 3 is 2.30 bits per heavy atom. The summed E-state index contributed by atoms with van der Waals surface area (Å²) < 4.78 is 39.1. The predicted octanol–water partition coefficient (Wildman–Crippen LogP) is 7.54. The molecule has 10 heteroatoms. The van der Waals surface area contributed by atoms with Crippen LogP contribution in [0.3, 0.4) is 0 Å². The van der Waals surface area contributed by atoms with Crippen LogP contribution < -0.4 is 10.6 Å². The van der Waals surface area contributed by atoms with E-state index in [0.29, 0.717) is 16.9 Å². The van der Waals surface area contributed by atoms with E-state index in [0.717, 1.165) is 72.3 Å². The maximum Gasteiger partial charge on any atom is 0.416 e. The summed E-state index contributed by atoms with van der Waals surface area (Å²) in [5.74, 6) is 0.344. The number of halogens is 3. The number of carbonyl (C=O) groups is 1. The summed E-state index contributed by atoms with van der Waals surface area (Å²) in [5.41, 5.74) is 4.96. The Hall–Kier alpha value is -3.86. The van der Waals surface area contributed by atoms with Crippen molar-refractivity contribution in [2.24, 2.45) is 0 Å². The number of aromatic nitrogens is 1. The second-order valence-electron chi connectivity index (χ2n) is 10.7. The van der Waals surface area contributed by atoms with Gasteiger partial charge in [0.2, 0.25) is 0 Å². The summed E-state index contributed by atoms with van der Waals surface area (Å²) in [6.07, 6.45) is -0.795. The summed E-state index contributed by atoms with van der Waals surface area (Å²) in [6.45, 7) is 7.00. The fourth-order valence-corrected chi connectivity index (χ4v) is 5.51. The van der Waals surface area contributed by atoms with Gasteiger partial charge in [0.25, 0.3) is 5.91 Å². The first-order valence-electron chi connectivity index (χ1n) is 14.0. The molecule has 1 amide bonds. The van der Waals surface area contributed by atoms with E-state index >= 15 is 0 Å². The van der Waals surface area contributed by atoms with Gasteiger partial charge < -0.3 is 15.5 Å². The highest BCUT2D eigenvalue weighted by molar-refractivity contribution is 7.98. The lowest BCUT2D eigenvalue weighted by Gasteiger charge is -2.32. The van der Waals surface area contributed by atoms with E-state index in [9.17, 15) is 18.0 Å². The van der Waals surface area contributed by atoms with E-state index in [1.165, 1.54) is 29.5 Å². The number of aryl methyl sites for hydroxylation is 1. The van der Waals surface area contributed by atoms with E-state index in [4.69, 9.17) is 0 Å². The molecule has 0 aliphatic carbocycles. The lowest BCUT2D eigenvalue weighted by atomic mass is 10.0. The average molecular weight is 606 g/mol. The summed E-state index contributed by atoms with van der Waals surface area (Å²) in [7, 11) is 2.14. The van der Waals surface area contributed by atoms with Crippen molar-refractivity contribution < 1.29 is 18.0 Å². The van der Waals surface area contributed by atoms with Crippen LogP contribution >= 0.6 is 11.8 Å². The first-order chi connectivity index (χ1) is 20.6. The molecule has 6 nitrogen and oxygen atoms in total. The van der Waals surface area contributed by atoms with Gasteiger partial charge in [0.15, 0.2) is 0 Å². The third-order valence-corrected chi connectivity index (χ3v) is 8.35. The number of piperazine rings is 1. The third-order valence-electron chi connectivity index (χ3n) is 7.58. The molecule has 5 rings (SSSR count). The Morgan fingerprint density at radius 1 is 0.953 bits per heavy atom. The molecular formula is C33H34F3N5OS. The highest BCUT2D eigenvalue weighted by atomic mass is 32.2. The number of likely N-dealkylation sites (N-methyl/N-ethyl adjacent to an activating group) is 1. The topological polar surface area (TPSA) is 60.5 Å². The Morgan fingerprint density at radius 2 is 1.65 bits per heavy atom. The zero-order valence-electron chi connectivity index (χ0n) is 24.3. The zero-order valence-corrected chi connectivity index (χ0v) is 25.1. The van der Waals surface area contributed by atoms with Crippen LogP contribution in [0.4, 0.5) is 30.4 Å². The van der Waals surface area contributed by atoms with Crippen LogP contribution in [0.5, 0.6) is 0 Å².